The van der Waals surface area contributed by atoms with Gasteiger partial charge >= 0.3 is 0 Å². The lowest BCUT2D eigenvalue weighted by Crippen LogP contribution is -2.29. The van der Waals surface area contributed by atoms with Crippen LogP contribution in [-0.2, 0) is 11.2 Å². The molecule has 0 heterocycles. The Morgan fingerprint density at radius 3 is 2.62 bits per heavy atom. The van der Waals surface area contributed by atoms with Crippen molar-refractivity contribution in [2.45, 2.75) is 38.4 Å². The molecule has 0 fully saturated rings. The molecule has 1 N–H and O–H groups in total. The first kappa shape index (κ1) is 13.5. The number of methoxy groups -OCH3 is 1. The average molecular weight is 243 g/mol. The number of rotatable bonds is 6. The lowest BCUT2D eigenvalue weighted by Gasteiger charge is -2.21. The van der Waals surface area contributed by atoms with Crippen molar-refractivity contribution in [2.24, 2.45) is 0 Å². The topological polar surface area (TPSA) is 29.5 Å². The molecule has 0 spiro atoms. The molecule has 0 aliphatic rings. The van der Waals surface area contributed by atoms with Gasteiger partial charge in [-0.05, 0) is 18.1 Å². The Labute approximate surface area is 102 Å². The molecule has 2 unspecified atom stereocenters. The highest BCUT2D eigenvalue weighted by Crippen LogP contribution is 2.19. The Hall–Kier alpha value is -0.570. The zero-order chi connectivity index (χ0) is 12.0. The van der Waals surface area contributed by atoms with Gasteiger partial charge in [-0.15, -0.1) is 0 Å². The number of benzene rings is 1. The van der Waals surface area contributed by atoms with Crippen LogP contribution >= 0.6 is 11.6 Å². The normalized spacial score (nSPS) is 14.8. The number of ether oxygens (including phenoxy) is 1. The summed E-state index contributed by atoms with van der Waals surface area (Å²) >= 11 is 6.04. The molecule has 0 aliphatic heterocycles. The molecule has 2 atom stereocenters. The predicted octanol–water partition coefficient (Wildman–Crippen LogP) is 3.06. The van der Waals surface area contributed by atoms with Gasteiger partial charge < -0.3 is 9.84 Å². The van der Waals surface area contributed by atoms with E-state index >= 15 is 0 Å². The van der Waals surface area contributed by atoms with E-state index in [1.54, 1.807) is 7.11 Å². The molecular formula is C13H19ClO2. The van der Waals surface area contributed by atoms with Gasteiger partial charge in [-0.1, -0.05) is 43.1 Å². The molecule has 2 nitrogen and oxygen atoms in total. The number of aliphatic hydroxyl groups excluding tert-OH is 1. The van der Waals surface area contributed by atoms with Crippen molar-refractivity contribution in [1.29, 1.82) is 0 Å². The molecule has 1 aromatic rings. The highest BCUT2D eigenvalue weighted by Gasteiger charge is 2.18. The van der Waals surface area contributed by atoms with Crippen LogP contribution in [0, 0.1) is 0 Å². The van der Waals surface area contributed by atoms with E-state index in [4.69, 9.17) is 16.3 Å². The van der Waals surface area contributed by atoms with Crippen molar-refractivity contribution < 1.29 is 9.84 Å². The Balaban J connectivity index is 2.62. The third kappa shape index (κ3) is 3.78. The van der Waals surface area contributed by atoms with Crippen LogP contribution in [0.1, 0.15) is 25.3 Å². The first-order valence-corrected chi connectivity index (χ1v) is 6.01. The highest BCUT2D eigenvalue weighted by molar-refractivity contribution is 6.31. The number of hydrogen-bond donors (Lipinski definition) is 1. The van der Waals surface area contributed by atoms with E-state index in [2.05, 4.69) is 6.92 Å². The van der Waals surface area contributed by atoms with E-state index in [1.165, 1.54) is 0 Å². The van der Waals surface area contributed by atoms with Gasteiger partial charge in [-0.2, -0.15) is 0 Å². The molecule has 0 bridgehead atoms. The van der Waals surface area contributed by atoms with Crippen LogP contribution in [0.3, 0.4) is 0 Å². The maximum atomic E-state index is 10.0. The molecule has 0 amide bonds. The summed E-state index contributed by atoms with van der Waals surface area (Å²) in [5, 5.41) is 10.7. The van der Waals surface area contributed by atoms with Gasteiger partial charge in [0.2, 0.25) is 0 Å². The Kier molecular flexibility index (Phi) is 5.81. The maximum absolute atomic E-state index is 10.0. The van der Waals surface area contributed by atoms with Gasteiger partial charge in [-0.25, -0.2) is 0 Å². The van der Waals surface area contributed by atoms with E-state index in [0.717, 1.165) is 18.4 Å². The Morgan fingerprint density at radius 1 is 1.38 bits per heavy atom. The first-order valence-electron chi connectivity index (χ1n) is 5.63. The van der Waals surface area contributed by atoms with Gasteiger partial charge in [-0.3, -0.25) is 0 Å². The molecule has 0 radical (unpaired) electrons. The van der Waals surface area contributed by atoms with Gasteiger partial charge in [0.05, 0.1) is 12.2 Å². The lowest BCUT2D eigenvalue weighted by atomic mass is 10.0. The van der Waals surface area contributed by atoms with Crippen molar-refractivity contribution >= 4 is 11.6 Å². The molecule has 0 aliphatic carbocycles. The average Bonchev–Trinajstić information content (AvgIpc) is 2.29. The summed E-state index contributed by atoms with van der Waals surface area (Å²) in [5.74, 6) is 0. The lowest BCUT2D eigenvalue weighted by molar-refractivity contribution is -0.0159. The molecule has 0 aromatic heterocycles. The third-order valence-corrected chi connectivity index (χ3v) is 3.06. The highest BCUT2D eigenvalue weighted by atomic mass is 35.5. The molecule has 1 rings (SSSR count). The van der Waals surface area contributed by atoms with Crippen LogP contribution in [0.5, 0.6) is 0 Å². The number of halogens is 1. The summed E-state index contributed by atoms with van der Waals surface area (Å²) in [7, 11) is 1.64. The molecule has 0 saturated heterocycles. The molecule has 0 saturated carbocycles. The second-order valence-electron chi connectivity index (χ2n) is 3.93. The van der Waals surface area contributed by atoms with Gasteiger partial charge in [0.1, 0.15) is 0 Å². The molecule has 16 heavy (non-hydrogen) atoms. The summed E-state index contributed by atoms with van der Waals surface area (Å²) in [6, 6.07) is 7.59. The standard InChI is InChI=1S/C13H19ClO2/c1-3-6-13(16-2)12(15)9-10-7-4-5-8-11(10)14/h4-5,7-8,12-13,15H,3,6,9H2,1-2H3. The SMILES string of the molecule is CCCC(OC)C(O)Cc1ccccc1Cl. The van der Waals surface area contributed by atoms with Crippen LogP contribution in [-0.4, -0.2) is 24.4 Å². The van der Waals surface area contributed by atoms with E-state index in [0.29, 0.717) is 11.4 Å². The monoisotopic (exact) mass is 242 g/mol. The molecule has 90 valence electrons. The molecule has 3 heteroatoms. The first-order chi connectivity index (χ1) is 7.69. The minimum absolute atomic E-state index is 0.110. The van der Waals surface area contributed by atoms with Crippen LogP contribution in [0.2, 0.25) is 5.02 Å². The summed E-state index contributed by atoms with van der Waals surface area (Å²) in [6.45, 7) is 2.08. The quantitative estimate of drug-likeness (QED) is 0.831. The minimum Gasteiger partial charge on any atom is -0.390 e. The van der Waals surface area contributed by atoms with Crippen molar-refractivity contribution in [3.8, 4) is 0 Å². The van der Waals surface area contributed by atoms with Gasteiger partial charge in [0.15, 0.2) is 0 Å². The number of aliphatic hydroxyl groups is 1. The van der Waals surface area contributed by atoms with Gasteiger partial charge in [0.25, 0.3) is 0 Å². The summed E-state index contributed by atoms with van der Waals surface area (Å²) < 4.78 is 5.27. The predicted molar refractivity (Wildman–Crippen MR) is 66.9 cm³/mol. The summed E-state index contributed by atoms with van der Waals surface area (Å²) in [4.78, 5) is 0. The molecule has 1 aromatic carbocycles. The fraction of sp³-hybridized carbons (Fsp3) is 0.538. The van der Waals surface area contributed by atoms with Crippen molar-refractivity contribution in [1.82, 2.24) is 0 Å². The van der Waals surface area contributed by atoms with E-state index in [-0.39, 0.29) is 6.10 Å². The van der Waals surface area contributed by atoms with Crippen LogP contribution < -0.4 is 0 Å². The van der Waals surface area contributed by atoms with Crippen LogP contribution in [0.15, 0.2) is 24.3 Å². The fourth-order valence-electron chi connectivity index (χ4n) is 1.77. The Morgan fingerprint density at radius 2 is 2.06 bits per heavy atom. The van der Waals surface area contributed by atoms with E-state index in [1.807, 2.05) is 24.3 Å². The summed E-state index contributed by atoms with van der Waals surface area (Å²) in [5.41, 5.74) is 0.967. The van der Waals surface area contributed by atoms with Crippen molar-refractivity contribution in [3.63, 3.8) is 0 Å². The van der Waals surface area contributed by atoms with Crippen molar-refractivity contribution in [2.75, 3.05) is 7.11 Å². The van der Waals surface area contributed by atoms with E-state index in [9.17, 15) is 5.11 Å². The maximum Gasteiger partial charge on any atom is 0.0842 e. The van der Waals surface area contributed by atoms with Crippen molar-refractivity contribution in [3.05, 3.63) is 34.9 Å². The smallest absolute Gasteiger partial charge is 0.0842 e. The largest absolute Gasteiger partial charge is 0.390 e. The zero-order valence-corrected chi connectivity index (χ0v) is 10.6. The van der Waals surface area contributed by atoms with E-state index < -0.39 is 6.10 Å². The molecular weight excluding hydrogens is 224 g/mol. The van der Waals surface area contributed by atoms with Crippen LogP contribution in [0.25, 0.3) is 0 Å². The minimum atomic E-state index is -0.496. The zero-order valence-electron chi connectivity index (χ0n) is 9.82. The third-order valence-electron chi connectivity index (χ3n) is 2.69. The fourth-order valence-corrected chi connectivity index (χ4v) is 1.99. The summed E-state index contributed by atoms with van der Waals surface area (Å²) in [6.07, 6.45) is 1.80. The number of hydrogen-bond acceptors (Lipinski definition) is 2. The van der Waals surface area contributed by atoms with Crippen LogP contribution in [0.4, 0.5) is 0 Å². The second kappa shape index (κ2) is 6.89. The van der Waals surface area contributed by atoms with Gasteiger partial charge in [0, 0.05) is 18.6 Å². The Bertz CT molecular complexity index is 315. The second-order valence-corrected chi connectivity index (χ2v) is 4.33.